The number of rotatable bonds is 3. The van der Waals surface area contributed by atoms with Crippen molar-refractivity contribution in [1.29, 1.82) is 0 Å². The van der Waals surface area contributed by atoms with Crippen LogP contribution in [0.2, 0.25) is 5.02 Å². The van der Waals surface area contributed by atoms with Crippen LogP contribution in [0, 0.1) is 0 Å². The zero-order valence-electron chi connectivity index (χ0n) is 12.6. The van der Waals surface area contributed by atoms with Gasteiger partial charge in [0.2, 0.25) is 0 Å². The van der Waals surface area contributed by atoms with E-state index in [0.717, 1.165) is 16.6 Å². The Balaban J connectivity index is 1.82. The number of hydrogen-bond donors (Lipinski definition) is 3. The van der Waals surface area contributed by atoms with E-state index in [1.165, 1.54) is 12.1 Å². The van der Waals surface area contributed by atoms with Gasteiger partial charge in [-0.3, -0.25) is 4.79 Å². The highest BCUT2D eigenvalue weighted by Crippen LogP contribution is 2.22. The molecule has 3 N–H and O–H groups in total. The molecule has 1 aromatic heterocycles. The Morgan fingerprint density at radius 3 is 2.83 bits per heavy atom. The van der Waals surface area contributed by atoms with Crippen molar-refractivity contribution < 1.29 is 9.90 Å². The minimum atomic E-state index is -0.493. The van der Waals surface area contributed by atoms with E-state index in [-0.39, 0.29) is 11.3 Å². The summed E-state index contributed by atoms with van der Waals surface area (Å²) in [5, 5.41) is 15.5. The fourth-order valence-corrected chi connectivity index (χ4v) is 2.79. The highest BCUT2D eigenvalue weighted by Gasteiger charge is 2.11. The Bertz CT molecular complexity index is 966. The third-order valence-electron chi connectivity index (χ3n) is 3.50. The average Bonchev–Trinajstić information content (AvgIpc) is 2.97. The molecular formula is C17H13BrClN3O2. The molecule has 0 saturated carbocycles. The van der Waals surface area contributed by atoms with Crippen molar-refractivity contribution in [2.24, 2.45) is 5.10 Å². The van der Waals surface area contributed by atoms with Crippen molar-refractivity contribution >= 4 is 50.1 Å². The van der Waals surface area contributed by atoms with Crippen molar-refractivity contribution in [2.75, 3.05) is 0 Å². The van der Waals surface area contributed by atoms with Crippen LogP contribution in [0.3, 0.4) is 0 Å². The number of phenolic OH excluding ortho intramolecular Hbond substituents is 1. The molecule has 0 aliphatic carbocycles. The summed E-state index contributed by atoms with van der Waals surface area (Å²) in [6.07, 6.45) is 0. The molecule has 1 amide bonds. The van der Waals surface area contributed by atoms with Gasteiger partial charge in [0.15, 0.2) is 0 Å². The zero-order chi connectivity index (χ0) is 17.3. The van der Waals surface area contributed by atoms with Crippen molar-refractivity contribution in [1.82, 2.24) is 10.4 Å². The van der Waals surface area contributed by atoms with Crippen LogP contribution in [0.5, 0.6) is 5.75 Å². The minimum absolute atomic E-state index is 0.108. The fraction of sp³-hybridized carbons (Fsp3) is 0.0588. The standard InChI is InChI=1S/C17H13BrClN3O2/c1-9(15-7-10-6-12(19)3-4-14(10)20-15)21-22-17(24)13-8-11(18)2-5-16(13)23/h2-8,20,23H,1H3,(H,22,24)/b21-9+. The summed E-state index contributed by atoms with van der Waals surface area (Å²) in [5.74, 6) is -0.601. The van der Waals surface area contributed by atoms with E-state index in [0.29, 0.717) is 15.2 Å². The van der Waals surface area contributed by atoms with Gasteiger partial charge in [0.25, 0.3) is 5.91 Å². The molecule has 24 heavy (non-hydrogen) atoms. The van der Waals surface area contributed by atoms with Crippen molar-refractivity contribution in [3.63, 3.8) is 0 Å². The van der Waals surface area contributed by atoms with Gasteiger partial charge in [-0.25, -0.2) is 5.43 Å². The van der Waals surface area contributed by atoms with E-state index in [1.54, 1.807) is 19.1 Å². The van der Waals surface area contributed by atoms with E-state index in [9.17, 15) is 9.90 Å². The number of aromatic hydroxyl groups is 1. The molecule has 0 spiro atoms. The van der Waals surface area contributed by atoms with Crippen LogP contribution in [0.15, 0.2) is 52.0 Å². The molecular weight excluding hydrogens is 394 g/mol. The van der Waals surface area contributed by atoms with Crippen LogP contribution >= 0.6 is 27.5 Å². The number of nitrogens with zero attached hydrogens (tertiary/aromatic N) is 1. The van der Waals surface area contributed by atoms with Gasteiger partial charge in [-0.15, -0.1) is 0 Å². The lowest BCUT2D eigenvalue weighted by atomic mass is 10.2. The Morgan fingerprint density at radius 1 is 1.25 bits per heavy atom. The fourth-order valence-electron chi connectivity index (χ4n) is 2.24. The van der Waals surface area contributed by atoms with E-state index in [1.807, 2.05) is 18.2 Å². The molecule has 7 heteroatoms. The van der Waals surface area contributed by atoms with E-state index < -0.39 is 5.91 Å². The maximum Gasteiger partial charge on any atom is 0.275 e. The first-order chi connectivity index (χ1) is 11.4. The molecule has 0 fully saturated rings. The van der Waals surface area contributed by atoms with Gasteiger partial charge in [-0.2, -0.15) is 5.10 Å². The number of amides is 1. The predicted octanol–water partition coefficient (Wildman–Crippen LogP) is 4.44. The predicted molar refractivity (Wildman–Crippen MR) is 98.8 cm³/mol. The van der Waals surface area contributed by atoms with Crippen LogP contribution in [-0.4, -0.2) is 21.7 Å². The Hall–Kier alpha value is -2.31. The summed E-state index contributed by atoms with van der Waals surface area (Å²) in [5.41, 5.74) is 4.89. The largest absolute Gasteiger partial charge is 0.507 e. The summed E-state index contributed by atoms with van der Waals surface area (Å²) < 4.78 is 0.693. The minimum Gasteiger partial charge on any atom is -0.507 e. The van der Waals surface area contributed by atoms with E-state index in [2.05, 4.69) is 31.4 Å². The molecule has 3 rings (SSSR count). The Morgan fingerprint density at radius 2 is 2.04 bits per heavy atom. The summed E-state index contributed by atoms with van der Waals surface area (Å²) >= 11 is 9.24. The molecule has 0 aliphatic heterocycles. The molecule has 3 aromatic rings. The summed E-state index contributed by atoms with van der Waals surface area (Å²) in [6.45, 7) is 1.77. The SMILES string of the molecule is C/C(=N\NC(=O)c1cc(Br)ccc1O)c1cc2cc(Cl)ccc2[nH]1. The van der Waals surface area contributed by atoms with Crippen LogP contribution in [0.25, 0.3) is 10.9 Å². The highest BCUT2D eigenvalue weighted by molar-refractivity contribution is 9.10. The van der Waals surface area contributed by atoms with Gasteiger partial charge >= 0.3 is 0 Å². The van der Waals surface area contributed by atoms with Gasteiger partial charge in [0, 0.05) is 20.4 Å². The number of fused-ring (bicyclic) bond motifs is 1. The third kappa shape index (κ3) is 3.44. The Kier molecular flexibility index (Phi) is 4.59. The number of carbonyl (C=O) groups is 1. The van der Waals surface area contributed by atoms with Crippen molar-refractivity contribution in [3.05, 3.63) is 63.2 Å². The van der Waals surface area contributed by atoms with Crippen molar-refractivity contribution in [3.8, 4) is 5.75 Å². The lowest BCUT2D eigenvalue weighted by molar-refractivity contribution is 0.0952. The van der Waals surface area contributed by atoms with Crippen molar-refractivity contribution in [2.45, 2.75) is 6.92 Å². The van der Waals surface area contributed by atoms with Gasteiger partial charge in [-0.05, 0) is 49.4 Å². The normalized spacial score (nSPS) is 11.7. The van der Waals surface area contributed by atoms with Crippen LogP contribution in [-0.2, 0) is 0 Å². The smallest absolute Gasteiger partial charge is 0.275 e. The first-order valence-corrected chi connectivity index (χ1v) is 8.23. The molecule has 0 bridgehead atoms. The zero-order valence-corrected chi connectivity index (χ0v) is 14.9. The molecule has 5 nitrogen and oxygen atoms in total. The molecule has 1 heterocycles. The summed E-state index contributed by atoms with van der Waals surface area (Å²) in [4.78, 5) is 15.4. The molecule has 0 atom stereocenters. The van der Waals surface area contributed by atoms with Gasteiger partial charge in [0.05, 0.1) is 17.0 Å². The monoisotopic (exact) mass is 405 g/mol. The quantitative estimate of drug-likeness (QED) is 0.444. The second-order valence-corrected chi connectivity index (χ2v) is 6.57. The lowest BCUT2D eigenvalue weighted by Gasteiger charge is -2.04. The number of H-pyrrole nitrogens is 1. The number of aromatic nitrogens is 1. The lowest BCUT2D eigenvalue weighted by Crippen LogP contribution is -2.19. The van der Waals surface area contributed by atoms with E-state index >= 15 is 0 Å². The Labute approximate surface area is 151 Å². The number of halogens is 2. The number of benzene rings is 2. The number of nitrogens with one attached hydrogen (secondary N) is 2. The number of hydrogen-bond acceptors (Lipinski definition) is 3. The molecule has 122 valence electrons. The first kappa shape index (κ1) is 16.5. The number of aromatic amines is 1. The van der Waals surface area contributed by atoms with Crippen LogP contribution in [0.4, 0.5) is 0 Å². The molecule has 0 aliphatic rings. The highest BCUT2D eigenvalue weighted by atomic mass is 79.9. The van der Waals surface area contributed by atoms with Gasteiger partial charge in [-0.1, -0.05) is 27.5 Å². The third-order valence-corrected chi connectivity index (χ3v) is 4.23. The molecule has 0 saturated heterocycles. The van der Waals surface area contributed by atoms with Crippen LogP contribution < -0.4 is 5.43 Å². The molecule has 2 aromatic carbocycles. The maximum atomic E-state index is 12.1. The second-order valence-electron chi connectivity index (χ2n) is 5.21. The maximum absolute atomic E-state index is 12.1. The summed E-state index contributed by atoms with van der Waals surface area (Å²) in [7, 11) is 0. The van der Waals surface area contributed by atoms with E-state index in [4.69, 9.17) is 11.6 Å². The number of hydrazone groups is 1. The molecule has 0 unspecified atom stereocenters. The number of carbonyl (C=O) groups excluding carboxylic acids is 1. The summed E-state index contributed by atoms with van der Waals surface area (Å²) in [6, 6.07) is 12.1. The van der Waals surface area contributed by atoms with Gasteiger partial charge in [0.1, 0.15) is 5.75 Å². The first-order valence-electron chi connectivity index (χ1n) is 7.06. The topological polar surface area (TPSA) is 77.5 Å². The number of phenols is 1. The average molecular weight is 407 g/mol. The molecule has 0 radical (unpaired) electrons. The van der Waals surface area contributed by atoms with Crippen LogP contribution in [0.1, 0.15) is 23.0 Å². The van der Waals surface area contributed by atoms with Gasteiger partial charge < -0.3 is 10.1 Å². The second kappa shape index (κ2) is 6.67.